The summed E-state index contributed by atoms with van der Waals surface area (Å²) >= 11 is 3.39. The van der Waals surface area contributed by atoms with Gasteiger partial charge in [-0.25, -0.2) is 0 Å². The SMILES string of the molecule is CC[C@H](O)[C@H](N)c1cc(OC)c(Br)c(OC)c1.Cl. The Kier molecular flexibility index (Phi) is 7.62. The maximum absolute atomic E-state index is 9.76. The molecule has 0 aliphatic carbocycles. The summed E-state index contributed by atoms with van der Waals surface area (Å²) in [5, 5.41) is 9.76. The molecule has 3 N–H and O–H groups in total. The Labute approximate surface area is 122 Å². The quantitative estimate of drug-likeness (QED) is 0.865. The van der Waals surface area contributed by atoms with Crippen LogP contribution in [0.25, 0.3) is 0 Å². The molecule has 0 spiro atoms. The van der Waals surface area contributed by atoms with Gasteiger partial charge in [-0.3, -0.25) is 0 Å². The molecule has 0 amide bonds. The van der Waals surface area contributed by atoms with Crippen LogP contribution in [0, 0.1) is 0 Å². The van der Waals surface area contributed by atoms with Gasteiger partial charge in [0, 0.05) is 0 Å². The van der Waals surface area contributed by atoms with Crippen LogP contribution < -0.4 is 15.2 Å². The van der Waals surface area contributed by atoms with Crippen molar-refractivity contribution in [3.05, 3.63) is 22.2 Å². The standard InChI is InChI=1S/C12H18BrNO3.ClH/c1-4-8(15)12(14)7-5-9(16-2)11(13)10(6-7)17-3;/h5-6,8,12,15H,4,14H2,1-3H3;1H/t8-,12+;/m0./s1. The van der Waals surface area contributed by atoms with Crippen molar-refractivity contribution in [2.45, 2.75) is 25.5 Å². The molecule has 0 aromatic heterocycles. The van der Waals surface area contributed by atoms with E-state index in [9.17, 15) is 5.11 Å². The minimum absolute atomic E-state index is 0. The van der Waals surface area contributed by atoms with Gasteiger partial charge in [0.2, 0.25) is 0 Å². The predicted molar refractivity (Wildman–Crippen MR) is 77.7 cm³/mol. The minimum atomic E-state index is -0.578. The lowest BCUT2D eigenvalue weighted by Gasteiger charge is -2.20. The molecule has 0 bridgehead atoms. The molecule has 4 nitrogen and oxygen atoms in total. The van der Waals surface area contributed by atoms with Crippen molar-refractivity contribution < 1.29 is 14.6 Å². The van der Waals surface area contributed by atoms with Crippen LogP contribution in [0.15, 0.2) is 16.6 Å². The first-order valence-electron chi connectivity index (χ1n) is 5.40. The maximum Gasteiger partial charge on any atom is 0.137 e. The second-order valence-electron chi connectivity index (χ2n) is 3.74. The number of aliphatic hydroxyl groups is 1. The van der Waals surface area contributed by atoms with E-state index in [0.29, 0.717) is 17.9 Å². The van der Waals surface area contributed by atoms with E-state index in [1.54, 1.807) is 26.4 Å². The van der Waals surface area contributed by atoms with Gasteiger partial charge >= 0.3 is 0 Å². The first kappa shape index (κ1) is 17.5. The van der Waals surface area contributed by atoms with Crippen molar-refractivity contribution in [2.75, 3.05) is 14.2 Å². The van der Waals surface area contributed by atoms with Crippen molar-refractivity contribution in [2.24, 2.45) is 5.73 Å². The smallest absolute Gasteiger partial charge is 0.137 e. The zero-order chi connectivity index (χ0) is 13.0. The molecule has 0 aliphatic heterocycles. The third-order valence-corrected chi connectivity index (χ3v) is 3.47. The molecule has 6 heteroatoms. The lowest BCUT2D eigenvalue weighted by Crippen LogP contribution is -2.25. The van der Waals surface area contributed by atoms with Crippen LogP contribution in [-0.2, 0) is 0 Å². The molecular weight excluding hydrogens is 321 g/mol. The number of nitrogens with two attached hydrogens (primary N) is 1. The molecule has 0 saturated carbocycles. The molecule has 18 heavy (non-hydrogen) atoms. The van der Waals surface area contributed by atoms with Gasteiger partial charge < -0.3 is 20.3 Å². The Morgan fingerprint density at radius 3 is 2.06 bits per heavy atom. The van der Waals surface area contributed by atoms with Crippen molar-refractivity contribution in [1.29, 1.82) is 0 Å². The van der Waals surface area contributed by atoms with Crippen LogP contribution in [0.5, 0.6) is 11.5 Å². The van der Waals surface area contributed by atoms with Gasteiger partial charge in [0.05, 0.1) is 26.4 Å². The fraction of sp³-hybridized carbons (Fsp3) is 0.500. The summed E-state index contributed by atoms with van der Waals surface area (Å²) in [5.74, 6) is 1.27. The Morgan fingerprint density at radius 2 is 1.72 bits per heavy atom. The highest BCUT2D eigenvalue weighted by molar-refractivity contribution is 9.10. The van der Waals surface area contributed by atoms with E-state index in [2.05, 4.69) is 15.9 Å². The van der Waals surface area contributed by atoms with E-state index in [4.69, 9.17) is 15.2 Å². The van der Waals surface area contributed by atoms with Gasteiger partial charge in [-0.2, -0.15) is 0 Å². The predicted octanol–water partition coefficient (Wildman–Crippen LogP) is 2.66. The number of ether oxygens (including phenoxy) is 2. The molecular formula is C12H19BrClNO3. The summed E-state index contributed by atoms with van der Waals surface area (Å²) in [6, 6.07) is 3.16. The first-order chi connectivity index (χ1) is 8.04. The van der Waals surface area contributed by atoms with Crippen LogP contribution in [0.1, 0.15) is 24.9 Å². The average molecular weight is 341 g/mol. The first-order valence-corrected chi connectivity index (χ1v) is 6.19. The summed E-state index contributed by atoms with van der Waals surface area (Å²) in [6.07, 6.45) is 0.0209. The Morgan fingerprint density at radius 1 is 1.28 bits per heavy atom. The van der Waals surface area contributed by atoms with Crippen molar-refractivity contribution in [3.63, 3.8) is 0 Å². The zero-order valence-corrected chi connectivity index (χ0v) is 13.0. The lowest BCUT2D eigenvalue weighted by atomic mass is 10.00. The van der Waals surface area contributed by atoms with Crippen LogP contribution in [0.3, 0.4) is 0 Å². The average Bonchev–Trinajstić information content (AvgIpc) is 2.37. The molecule has 1 aromatic rings. The summed E-state index contributed by atoms with van der Waals surface area (Å²) in [6.45, 7) is 1.89. The third kappa shape index (κ3) is 3.75. The number of benzene rings is 1. The number of methoxy groups -OCH3 is 2. The van der Waals surface area contributed by atoms with E-state index >= 15 is 0 Å². The summed E-state index contributed by atoms with van der Waals surface area (Å²) < 4.78 is 11.2. The largest absolute Gasteiger partial charge is 0.495 e. The Balaban J connectivity index is 0.00000289. The highest BCUT2D eigenvalue weighted by Gasteiger charge is 2.19. The van der Waals surface area contributed by atoms with Crippen LogP contribution >= 0.6 is 28.3 Å². The summed E-state index contributed by atoms with van der Waals surface area (Å²) in [4.78, 5) is 0. The molecule has 1 rings (SSSR count). The zero-order valence-electron chi connectivity index (χ0n) is 10.6. The van der Waals surface area contributed by atoms with E-state index in [1.807, 2.05) is 6.92 Å². The normalized spacial score (nSPS) is 13.4. The fourth-order valence-electron chi connectivity index (χ4n) is 1.56. The van der Waals surface area contributed by atoms with Crippen LogP contribution in [-0.4, -0.2) is 25.4 Å². The van der Waals surface area contributed by atoms with Gasteiger partial charge in [0.15, 0.2) is 0 Å². The Hall–Kier alpha value is -0.490. The van der Waals surface area contributed by atoms with E-state index in [-0.39, 0.29) is 12.4 Å². The Bertz CT molecular complexity index is 365. The number of hydrogen-bond donors (Lipinski definition) is 2. The molecule has 0 aliphatic rings. The van der Waals surface area contributed by atoms with E-state index in [1.165, 1.54) is 0 Å². The van der Waals surface area contributed by atoms with Crippen molar-refractivity contribution in [1.82, 2.24) is 0 Å². The second-order valence-corrected chi connectivity index (χ2v) is 4.53. The topological polar surface area (TPSA) is 64.7 Å². The van der Waals surface area contributed by atoms with Gasteiger partial charge in [0.25, 0.3) is 0 Å². The molecule has 1 aromatic carbocycles. The molecule has 2 atom stereocenters. The number of rotatable bonds is 5. The van der Waals surface area contributed by atoms with Gasteiger partial charge in [-0.1, -0.05) is 6.92 Å². The number of halogens is 2. The van der Waals surface area contributed by atoms with Crippen LogP contribution in [0.2, 0.25) is 0 Å². The minimum Gasteiger partial charge on any atom is -0.495 e. The molecule has 0 fully saturated rings. The highest BCUT2D eigenvalue weighted by atomic mass is 79.9. The third-order valence-electron chi connectivity index (χ3n) is 2.69. The molecule has 104 valence electrons. The monoisotopic (exact) mass is 339 g/mol. The second kappa shape index (κ2) is 7.84. The molecule has 0 saturated heterocycles. The van der Waals surface area contributed by atoms with E-state index < -0.39 is 12.1 Å². The number of hydrogen-bond acceptors (Lipinski definition) is 4. The van der Waals surface area contributed by atoms with Crippen molar-refractivity contribution in [3.8, 4) is 11.5 Å². The van der Waals surface area contributed by atoms with Gasteiger partial charge in [-0.15, -0.1) is 12.4 Å². The molecule has 0 unspecified atom stereocenters. The lowest BCUT2D eigenvalue weighted by molar-refractivity contribution is 0.140. The fourth-order valence-corrected chi connectivity index (χ4v) is 2.11. The molecule has 0 radical (unpaired) electrons. The van der Waals surface area contributed by atoms with E-state index in [0.717, 1.165) is 10.0 Å². The maximum atomic E-state index is 9.76. The van der Waals surface area contributed by atoms with Crippen molar-refractivity contribution >= 4 is 28.3 Å². The summed E-state index contributed by atoms with van der Waals surface area (Å²) in [5.41, 5.74) is 6.76. The summed E-state index contributed by atoms with van der Waals surface area (Å²) in [7, 11) is 3.15. The molecule has 0 heterocycles. The highest BCUT2D eigenvalue weighted by Crippen LogP contribution is 2.37. The van der Waals surface area contributed by atoms with Gasteiger partial charge in [-0.05, 0) is 40.0 Å². The van der Waals surface area contributed by atoms with Gasteiger partial charge in [0.1, 0.15) is 16.0 Å². The van der Waals surface area contributed by atoms with Crippen LogP contribution in [0.4, 0.5) is 0 Å². The number of aliphatic hydroxyl groups excluding tert-OH is 1.